The van der Waals surface area contributed by atoms with Crippen molar-refractivity contribution in [2.45, 2.75) is 82.0 Å². The first-order chi connectivity index (χ1) is 14.7. The Hall–Kier alpha value is -1.19. The third-order valence-electron chi connectivity index (χ3n) is 6.71. The van der Waals surface area contributed by atoms with Gasteiger partial charge in [0.25, 0.3) is 0 Å². The van der Waals surface area contributed by atoms with Gasteiger partial charge in [0.2, 0.25) is 11.8 Å². The average molecular weight is 503 g/mol. The topological polar surface area (TPSA) is 105 Å². The van der Waals surface area contributed by atoms with E-state index in [1.807, 2.05) is 20.8 Å². The van der Waals surface area contributed by atoms with E-state index in [0.29, 0.717) is 19.4 Å². The molecule has 31 heavy (non-hydrogen) atoms. The highest BCUT2D eigenvalue weighted by Crippen LogP contribution is 2.60. The summed E-state index contributed by atoms with van der Waals surface area (Å²) in [6.07, 6.45) is 2.25. The zero-order chi connectivity index (χ0) is 22.9. The Morgan fingerprint density at radius 2 is 2.10 bits per heavy atom. The van der Waals surface area contributed by atoms with Crippen LogP contribution in [-0.4, -0.2) is 76.2 Å². The molecule has 1 unspecified atom stereocenters. The quantitative estimate of drug-likeness (QED) is 0.267. The molecule has 0 saturated carbocycles. The van der Waals surface area contributed by atoms with Crippen LogP contribution in [0.2, 0.25) is 0 Å². The van der Waals surface area contributed by atoms with E-state index in [2.05, 4.69) is 21.2 Å². The number of amides is 2. The molecule has 0 aromatic heterocycles. The van der Waals surface area contributed by atoms with Gasteiger partial charge >= 0.3 is 5.97 Å². The molecule has 0 radical (unpaired) electrons. The largest absolute Gasteiger partial charge is 0.466 e. The maximum Gasteiger partial charge on any atom is 0.312 e. The third kappa shape index (κ3) is 4.13. The van der Waals surface area contributed by atoms with Gasteiger partial charge in [-0.15, -0.1) is 0 Å². The lowest BCUT2D eigenvalue weighted by Crippen LogP contribution is -2.58. The summed E-state index contributed by atoms with van der Waals surface area (Å²) < 4.78 is 11.6. The highest BCUT2D eigenvalue weighted by molar-refractivity contribution is 9.09. The van der Waals surface area contributed by atoms with E-state index in [1.165, 1.54) is 4.90 Å². The zero-order valence-electron chi connectivity index (χ0n) is 18.8. The number of unbranched alkanes of at least 4 members (excludes halogenated alkanes) is 1. The predicted molar refractivity (Wildman–Crippen MR) is 117 cm³/mol. The van der Waals surface area contributed by atoms with Crippen molar-refractivity contribution in [1.29, 1.82) is 0 Å². The lowest BCUT2D eigenvalue weighted by Gasteiger charge is -2.37. The smallest absolute Gasteiger partial charge is 0.312 e. The van der Waals surface area contributed by atoms with Crippen LogP contribution in [0.5, 0.6) is 0 Å². The second-order valence-electron chi connectivity index (χ2n) is 9.27. The number of nitrogens with zero attached hydrogens (tertiary/aromatic N) is 1. The predicted octanol–water partition coefficient (Wildman–Crippen LogP) is 1.62. The fourth-order valence-corrected chi connectivity index (χ4v) is 6.52. The number of alkyl halides is 1. The number of carbonyl (C=O) groups excluding carboxylic acids is 3. The van der Waals surface area contributed by atoms with Gasteiger partial charge < -0.3 is 24.8 Å². The van der Waals surface area contributed by atoms with E-state index in [0.717, 1.165) is 12.8 Å². The zero-order valence-corrected chi connectivity index (χ0v) is 20.4. The van der Waals surface area contributed by atoms with Crippen molar-refractivity contribution in [3.05, 3.63) is 0 Å². The SMILES string of the molecule is CCCCNC(=O)[C@H]1N([C@@H](CO)CC(C)C)C(=O)[C@@H]2[C@@H](C(=O)OCC)[C@@H]3O[C@@]21CC3Br. The number of aliphatic hydroxyl groups excluding tert-OH is 1. The Kier molecular flexibility index (Phi) is 7.69. The highest BCUT2D eigenvalue weighted by Gasteiger charge is 2.77. The number of aliphatic hydroxyl groups is 1. The van der Waals surface area contributed by atoms with Gasteiger partial charge in [-0.1, -0.05) is 43.1 Å². The molecule has 2 bridgehead atoms. The van der Waals surface area contributed by atoms with E-state index in [4.69, 9.17) is 9.47 Å². The van der Waals surface area contributed by atoms with Crippen LogP contribution in [0.3, 0.4) is 0 Å². The van der Waals surface area contributed by atoms with Crippen LogP contribution in [0.1, 0.15) is 53.4 Å². The van der Waals surface area contributed by atoms with Crippen LogP contribution >= 0.6 is 15.9 Å². The lowest BCUT2D eigenvalue weighted by atomic mass is 9.70. The van der Waals surface area contributed by atoms with Crippen molar-refractivity contribution in [2.24, 2.45) is 17.8 Å². The van der Waals surface area contributed by atoms with Crippen LogP contribution in [0, 0.1) is 17.8 Å². The number of likely N-dealkylation sites (tertiary alicyclic amines) is 1. The first-order valence-electron chi connectivity index (χ1n) is 11.4. The van der Waals surface area contributed by atoms with Crippen LogP contribution in [0.15, 0.2) is 0 Å². The fourth-order valence-electron chi connectivity index (χ4n) is 5.57. The summed E-state index contributed by atoms with van der Waals surface area (Å²) >= 11 is 3.62. The summed E-state index contributed by atoms with van der Waals surface area (Å²) in [4.78, 5) is 41.4. The average Bonchev–Trinajstić information content (AvgIpc) is 3.30. The second-order valence-corrected chi connectivity index (χ2v) is 10.4. The van der Waals surface area contributed by atoms with Gasteiger partial charge in [-0.25, -0.2) is 0 Å². The molecule has 2 amide bonds. The first-order valence-corrected chi connectivity index (χ1v) is 12.3. The Labute approximate surface area is 192 Å². The number of rotatable bonds is 10. The molecule has 3 rings (SSSR count). The summed E-state index contributed by atoms with van der Waals surface area (Å²) in [6, 6.07) is -1.41. The third-order valence-corrected chi connectivity index (χ3v) is 7.56. The molecule has 2 N–H and O–H groups in total. The summed E-state index contributed by atoms with van der Waals surface area (Å²) in [6.45, 7) is 8.25. The van der Waals surface area contributed by atoms with Crippen molar-refractivity contribution in [2.75, 3.05) is 19.8 Å². The van der Waals surface area contributed by atoms with E-state index < -0.39 is 41.6 Å². The number of hydrogen-bond donors (Lipinski definition) is 2. The second kappa shape index (κ2) is 9.75. The molecule has 176 valence electrons. The minimum Gasteiger partial charge on any atom is -0.466 e. The molecule has 3 aliphatic heterocycles. The van der Waals surface area contributed by atoms with E-state index >= 15 is 0 Å². The standard InChI is InChI=1S/C22H35BrN2O6/c1-5-7-8-24-19(27)18-22-10-14(23)17(31-22)15(21(29)30-6-2)16(22)20(28)25(18)13(11-26)9-12(3)4/h12-18,26H,5-11H2,1-4H3,(H,24,27)/t13-,14?,15-,16+,17-,18-,22+/m1/s1. The van der Waals surface area contributed by atoms with Crippen LogP contribution in [0.25, 0.3) is 0 Å². The van der Waals surface area contributed by atoms with Crippen molar-refractivity contribution in [3.8, 4) is 0 Å². The van der Waals surface area contributed by atoms with Crippen molar-refractivity contribution >= 4 is 33.7 Å². The number of halogens is 1. The maximum atomic E-state index is 13.8. The Balaban J connectivity index is 2.02. The molecule has 8 nitrogen and oxygen atoms in total. The lowest BCUT2D eigenvalue weighted by molar-refractivity contribution is -0.155. The summed E-state index contributed by atoms with van der Waals surface area (Å²) in [5, 5.41) is 13.1. The molecule has 0 aliphatic carbocycles. The van der Waals surface area contributed by atoms with Gasteiger partial charge in [0.05, 0.1) is 37.2 Å². The van der Waals surface area contributed by atoms with Crippen molar-refractivity contribution in [3.63, 3.8) is 0 Å². The fraction of sp³-hybridized carbons (Fsp3) is 0.864. The van der Waals surface area contributed by atoms with Crippen LogP contribution in [-0.2, 0) is 23.9 Å². The normalized spacial score (nSPS) is 34.9. The molecular weight excluding hydrogens is 468 g/mol. The number of ether oxygens (including phenoxy) is 2. The van der Waals surface area contributed by atoms with Crippen molar-refractivity contribution < 1.29 is 29.0 Å². The Bertz CT molecular complexity index is 703. The monoisotopic (exact) mass is 502 g/mol. The number of esters is 1. The van der Waals surface area contributed by atoms with Gasteiger partial charge in [0, 0.05) is 11.4 Å². The molecular formula is C22H35BrN2O6. The maximum absolute atomic E-state index is 13.8. The molecule has 0 aromatic rings. The Morgan fingerprint density at radius 3 is 2.68 bits per heavy atom. The molecule has 3 aliphatic rings. The minimum atomic E-state index is -1.10. The minimum absolute atomic E-state index is 0.158. The number of nitrogens with one attached hydrogen (secondary N) is 1. The molecule has 9 heteroatoms. The van der Waals surface area contributed by atoms with Crippen molar-refractivity contribution in [1.82, 2.24) is 10.2 Å². The van der Waals surface area contributed by atoms with Crippen LogP contribution in [0.4, 0.5) is 0 Å². The van der Waals surface area contributed by atoms with Crippen LogP contribution < -0.4 is 5.32 Å². The first kappa shape index (κ1) is 24.5. The summed E-state index contributed by atoms with van der Waals surface area (Å²) in [5.41, 5.74) is -1.10. The van der Waals surface area contributed by atoms with Gasteiger partial charge in [-0.2, -0.15) is 0 Å². The molecule has 3 heterocycles. The molecule has 3 saturated heterocycles. The summed E-state index contributed by atoms with van der Waals surface area (Å²) in [5.74, 6) is -2.37. The summed E-state index contributed by atoms with van der Waals surface area (Å²) in [7, 11) is 0. The van der Waals surface area contributed by atoms with E-state index in [-0.39, 0.29) is 35.8 Å². The molecule has 1 spiro atoms. The van der Waals surface area contributed by atoms with E-state index in [9.17, 15) is 19.5 Å². The number of hydrogen-bond acceptors (Lipinski definition) is 6. The molecule has 0 aromatic carbocycles. The molecule has 7 atom stereocenters. The van der Waals surface area contributed by atoms with Gasteiger partial charge in [0.1, 0.15) is 11.6 Å². The Morgan fingerprint density at radius 1 is 1.39 bits per heavy atom. The highest BCUT2D eigenvalue weighted by atomic mass is 79.9. The van der Waals surface area contributed by atoms with Gasteiger partial charge in [-0.05, 0) is 32.1 Å². The van der Waals surface area contributed by atoms with E-state index in [1.54, 1.807) is 6.92 Å². The van der Waals surface area contributed by atoms with Gasteiger partial charge in [0.15, 0.2) is 0 Å². The number of fused-ring (bicyclic) bond motifs is 1. The number of carbonyl (C=O) groups is 3. The molecule has 3 fully saturated rings. The van der Waals surface area contributed by atoms with Gasteiger partial charge in [-0.3, -0.25) is 14.4 Å².